The van der Waals surface area contributed by atoms with E-state index in [0.717, 1.165) is 13.0 Å². The fraction of sp³-hybridized carbons (Fsp3) is 0.300. The van der Waals surface area contributed by atoms with Gasteiger partial charge in [-0.2, -0.15) is 0 Å². The molecule has 3 rings (SSSR count). The van der Waals surface area contributed by atoms with E-state index in [1.54, 1.807) is 0 Å². The predicted octanol–water partition coefficient (Wildman–Crippen LogP) is 4.36. The first kappa shape index (κ1) is 15.0. The van der Waals surface area contributed by atoms with Gasteiger partial charge < -0.3 is 9.47 Å². The van der Waals surface area contributed by atoms with Gasteiger partial charge in [-0.3, -0.25) is 0 Å². The molecule has 0 radical (unpaired) electrons. The third-order valence-corrected chi connectivity index (χ3v) is 3.96. The molecule has 2 aromatic carbocycles. The first-order valence-electron chi connectivity index (χ1n) is 7.85. The summed E-state index contributed by atoms with van der Waals surface area (Å²) in [4.78, 5) is 0. The third-order valence-electron chi connectivity index (χ3n) is 3.96. The zero-order valence-electron chi connectivity index (χ0n) is 12.7. The van der Waals surface area contributed by atoms with E-state index in [0.29, 0.717) is 19.1 Å². The van der Waals surface area contributed by atoms with Crippen LogP contribution in [-0.4, -0.2) is 12.7 Å². The van der Waals surface area contributed by atoms with E-state index in [1.165, 1.54) is 11.1 Å². The molecular weight excluding hydrogens is 272 g/mol. The van der Waals surface area contributed by atoms with Crippen molar-refractivity contribution in [2.24, 2.45) is 5.92 Å². The topological polar surface area (TPSA) is 18.5 Å². The van der Waals surface area contributed by atoms with Crippen LogP contribution in [0.2, 0.25) is 0 Å². The second-order valence-electron chi connectivity index (χ2n) is 5.69. The minimum atomic E-state index is 0.163. The van der Waals surface area contributed by atoms with Crippen molar-refractivity contribution in [3.05, 3.63) is 83.9 Å². The summed E-state index contributed by atoms with van der Waals surface area (Å²) in [7, 11) is 0. The summed E-state index contributed by atoms with van der Waals surface area (Å²) in [6.07, 6.45) is 5.57. The van der Waals surface area contributed by atoms with Crippen molar-refractivity contribution in [1.82, 2.24) is 0 Å². The minimum absolute atomic E-state index is 0.163. The Morgan fingerprint density at radius 2 is 1.45 bits per heavy atom. The average Bonchev–Trinajstić information content (AvgIpc) is 3.02. The Morgan fingerprint density at radius 3 is 2.14 bits per heavy atom. The Hall–Kier alpha value is -1.90. The highest BCUT2D eigenvalue weighted by Crippen LogP contribution is 2.23. The van der Waals surface area contributed by atoms with E-state index in [9.17, 15) is 0 Å². The molecule has 0 unspecified atom stereocenters. The van der Waals surface area contributed by atoms with Gasteiger partial charge in [-0.15, -0.1) is 0 Å². The van der Waals surface area contributed by atoms with Gasteiger partial charge in [0, 0.05) is 5.92 Å². The Balaban J connectivity index is 1.43. The molecule has 2 heteroatoms. The molecule has 0 heterocycles. The lowest BCUT2D eigenvalue weighted by Crippen LogP contribution is -2.22. The maximum Gasteiger partial charge on any atom is 0.0813 e. The molecule has 2 nitrogen and oxygen atoms in total. The summed E-state index contributed by atoms with van der Waals surface area (Å²) in [5.74, 6) is 0.424. The van der Waals surface area contributed by atoms with E-state index in [1.807, 2.05) is 36.4 Å². The highest BCUT2D eigenvalue weighted by molar-refractivity contribution is 5.14. The molecule has 1 aliphatic rings. The van der Waals surface area contributed by atoms with Crippen LogP contribution in [0, 0.1) is 5.92 Å². The van der Waals surface area contributed by atoms with Gasteiger partial charge in [0.15, 0.2) is 0 Å². The Morgan fingerprint density at radius 1 is 0.818 bits per heavy atom. The molecule has 2 atom stereocenters. The molecule has 0 aliphatic heterocycles. The molecule has 0 fully saturated rings. The summed E-state index contributed by atoms with van der Waals surface area (Å²) in [5.41, 5.74) is 2.43. The van der Waals surface area contributed by atoms with E-state index < -0.39 is 0 Å². The van der Waals surface area contributed by atoms with Gasteiger partial charge in [-0.05, 0) is 17.5 Å². The lowest BCUT2D eigenvalue weighted by Gasteiger charge is -2.20. The van der Waals surface area contributed by atoms with Crippen molar-refractivity contribution in [2.75, 3.05) is 6.61 Å². The summed E-state index contributed by atoms with van der Waals surface area (Å²) < 4.78 is 11.9. The standard InChI is InChI=1S/C20H22O2/c1-3-8-17(9-4-1)14-21-16-19-12-7-13-20(19)22-15-18-10-5-2-6-11-18/h1-11,13,19-20H,12,14-16H2/t19-,20+/m1/s1. The summed E-state index contributed by atoms with van der Waals surface area (Å²) in [5, 5.41) is 0. The molecule has 22 heavy (non-hydrogen) atoms. The zero-order valence-corrected chi connectivity index (χ0v) is 12.7. The zero-order chi connectivity index (χ0) is 15.0. The predicted molar refractivity (Wildman–Crippen MR) is 88.4 cm³/mol. The van der Waals surface area contributed by atoms with E-state index in [2.05, 4.69) is 36.4 Å². The summed E-state index contributed by atoms with van der Waals surface area (Å²) in [6, 6.07) is 20.6. The number of allylic oxidation sites excluding steroid dienone is 1. The van der Waals surface area contributed by atoms with Crippen LogP contribution in [0.15, 0.2) is 72.8 Å². The molecular formula is C20H22O2. The number of rotatable bonds is 7. The highest BCUT2D eigenvalue weighted by Gasteiger charge is 2.23. The normalized spacial score (nSPS) is 20.4. The first-order valence-corrected chi connectivity index (χ1v) is 7.85. The smallest absolute Gasteiger partial charge is 0.0813 e. The van der Waals surface area contributed by atoms with Crippen molar-refractivity contribution in [3.63, 3.8) is 0 Å². The van der Waals surface area contributed by atoms with E-state index in [-0.39, 0.29) is 6.10 Å². The van der Waals surface area contributed by atoms with Crippen LogP contribution in [0.4, 0.5) is 0 Å². The maximum atomic E-state index is 6.04. The average molecular weight is 294 g/mol. The van der Waals surface area contributed by atoms with Crippen LogP contribution in [-0.2, 0) is 22.7 Å². The molecule has 2 aromatic rings. The van der Waals surface area contributed by atoms with Crippen LogP contribution in [0.5, 0.6) is 0 Å². The summed E-state index contributed by atoms with van der Waals surface area (Å²) in [6.45, 7) is 2.06. The molecule has 0 saturated heterocycles. The largest absolute Gasteiger partial charge is 0.376 e. The second kappa shape index (κ2) is 7.92. The molecule has 0 N–H and O–H groups in total. The van der Waals surface area contributed by atoms with Gasteiger partial charge in [0.05, 0.1) is 25.9 Å². The fourth-order valence-corrected chi connectivity index (χ4v) is 2.70. The molecule has 0 bridgehead atoms. The lowest BCUT2D eigenvalue weighted by molar-refractivity contribution is -0.00270. The van der Waals surface area contributed by atoms with E-state index >= 15 is 0 Å². The van der Waals surface area contributed by atoms with Crippen molar-refractivity contribution in [3.8, 4) is 0 Å². The first-order chi connectivity index (χ1) is 10.9. The minimum Gasteiger partial charge on any atom is -0.376 e. The van der Waals surface area contributed by atoms with Crippen molar-refractivity contribution >= 4 is 0 Å². The van der Waals surface area contributed by atoms with Crippen molar-refractivity contribution in [2.45, 2.75) is 25.7 Å². The van der Waals surface area contributed by atoms with Crippen molar-refractivity contribution < 1.29 is 9.47 Å². The van der Waals surface area contributed by atoms with Crippen LogP contribution in [0.1, 0.15) is 17.5 Å². The molecule has 0 amide bonds. The summed E-state index contributed by atoms with van der Waals surface area (Å²) >= 11 is 0. The Bertz CT molecular complexity index is 577. The van der Waals surface area contributed by atoms with Gasteiger partial charge in [0.1, 0.15) is 0 Å². The van der Waals surface area contributed by atoms with Gasteiger partial charge in [0.2, 0.25) is 0 Å². The number of ether oxygens (including phenoxy) is 2. The molecule has 114 valence electrons. The molecule has 0 aromatic heterocycles. The van der Waals surface area contributed by atoms with Crippen LogP contribution in [0.25, 0.3) is 0 Å². The number of benzene rings is 2. The van der Waals surface area contributed by atoms with Crippen molar-refractivity contribution in [1.29, 1.82) is 0 Å². The Labute approximate surface area is 132 Å². The van der Waals surface area contributed by atoms with Gasteiger partial charge >= 0.3 is 0 Å². The molecule has 0 saturated carbocycles. The Kier molecular flexibility index (Phi) is 5.41. The van der Waals surface area contributed by atoms with Crippen LogP contribution >= 0.6 is 0 Å². The van der Waals surface area contributed by atoms with Crippen LogP contribution in [0.3, 0.4) is 0 Å². The fourth-order valence-electron chi connectivity index (χ4n) is 2.70. The second-order valence-corrected chi connectivity index (χ2v) is 5.69. The monoisotopic (exact) mass is 294 g/mol. The van der Waals surface area contributed by atoms with Crippen LogP contribution < -0.4 is 0 Å². The lowest BCUT2D eigenvalue weighted by atomic mass is 10.1. The van der Waals surface area contributed by atoms with Gasteiger partial charge in [-0.25, -0.2) is 0 Å². The molecule has 0 spiro atoms. The number of hydrogen-bond donors (Lipinski definition) is 0. The SMILES string of the molecule is C1=C[C@H](OCc2ccccc2)[C@@H](COCc2ccccc2)C1. The van der Waals surface area contributed by atoms with E-state index in [4.69, 9.17) is 9.47 Å². The third kappa shape index (κ3) is 4.30. The number of hydrogen-bond acceptors (Lipinski definition) is 2. The van der Waals surface area contributed by atoms with Gasteiger partial charge in [-0.1, -0.05) is 72.8 Å². The quantitative estimate of drug-likeness (QED) is 0.706. The highest BCUT2D eigenvalue weighted by atomic mass is 16.5. The maximum absolute atomic E-state index is 6.04. The van der Waals surface area contributed by atoms with Gasteiger partial charge in [0.25, 0.3) is 0 Å². The molecule has 1 aliphatic carbocycles.